The monoisotopic (exact) mass is 445 g/mol. The fourth-order valence-electron chi connectivity index (χ4n) is 3.43. The number of carbonyl (C=O) groups excluding carboxylic acids is 1. The van der Waals surface area contributed by atoms with Crippen molar-refractivity contribution in [2.75, 3.05) is 20.3 Å². The van der Waals surface area contributed by atoms with Crippen LogP contribution in [0.1, 0.15) is 17.5 Å². The summed E-state index contributed by atoms with van der Waals surface area (Å²) in [7, 11) is 1.39. The summed E-state index contributed by atoms with van der Waals surface area (Å²) in [4.78, 5) is 14.8. The lowest BCUT2D eigenvalue weighted by Gasteiger charge is -2.10. The van der Waals surface area contributed by atoms with Crippen LogP contribution in [0.15, 0.2) is 72.9 Å². The van der Waals surface area contributed by atoms with Crippen molar-refractivity contribution in [3.8, 4) is 23.0 Å². The standard InChI is InChI=1S/C27H27NO5/c1-19-7-9-21(10-8-19)33-24-6-3-5-22(16-24)31-13-4-14-32-23-11-12-26-25(17-23)20(18-28-26)15-27(29)30-2/h3,5-12,16-18,28H,4,13-15H2,1-2H3. The first-order valence-electron chi connectivity index (χ1n) is 10.9. The smallest absolute Gasteiger partial charge is 0.310 e. The summed E-state index contributed by atoms with van der Waals surface area (Å²) in [6.45, 7) is 3.08. The van der Waals surface area contributed by atoms with Gasteiger partial charge in [0.05, 0.1) is 26.7 Å². The Balaban J connectivity index is 1.26. The predicted molar refractivity (Wildman–Crippen MR) is 127 cm³/mol. The van der Waals surface area contributed by atoms with Gasteiger partial charge in [0, 0.05) is 29.6 Å². The van der Waals surface area contributed by atoms with Gasteiger partial charge in [-0.25, -0.2) is 0 Å². The van der Waals surface area contributed by atoms with Gasteiger partial charge in [0.25, 0.3) is 0 Å². The average molecular weight is 446 g/mol. The summed E-state index contributed by atoms with van der Waals surface area (Å²) in [6.07, 6.45) is 2.78. The van der Waals surface area contributed by atoms with Gasteiger partial charge < -0.3 is 23.9 Å². The zero-order chi connectivity index (χ0) is 23.0. The highest BCUT2D eigenvalue weighted by Gasteiger charge is 2.10. The fourth-order valence-corrected chi connectivity index (χ4v) is 3.43. The largest absolute Gasteiger partial charge is 0.493 e. The number of esters is 1. The van der Waals surface area contributed by atoms with Crippen molar-refractivity contribution in [2.45, 2.75) is 19.8 Å². The molecule has 6 nitrogen and oxygen atoms in total. The van der Waals surface area contributed by atoms with Crippen LogP contribution in [0, 0.1) is 6.92 Å². The molecule has 3 aromatic carbocycles. The van der Waals surface area contributed by atoms with Gasteiger partial charge in [-0.05, 0) is 55.0 Å². The SMILES string of the molecule is COC(=O)Cc1c[nH]c2ccc(OCCCOc3cccc(Oc4ccc(C)cc4)c3)cc12. The molecule has 0 amide bonds. The second-order valence-electron chi connectivity index (χ2n) is 7.71. The predicted octanol–water partition coefficient (Wildman–Crippen LogP) is 5.83. The first-order chi connectivity index (χ1) is 16.1. The first kappa shape index (κ1) is 22.3. The highest BCUT2D eigenvalue weighted by molar-refractivity contribution is 5.88. The molecule has 0 radical (unpaired) electrons. The van der Waals surface area contributed by atoms with E-state index in [2.05, 4.69) is 4.98 Å². The number of fused-ring (bicyclic) bond motifs is 1. The van der Waals surface area contributed by atoms with Crippen molar-refractivity contribution in [1.29, 1.82) is 0 Å². The number of benzene rings is 3. The maximum Gasteiger partial charge on any atom is 0.310 e. The molecule has 6 heteroatoms. The molecule has 0 aliphatic heterocycles. The van der Waals surface area contributed by atoms with Crippen molar-refractivity contribution < 1.29 is 23.7 Å². The van der Waals surface area contributed by atoms with Gasteiger partial charge in [0.15, 0.2) is 0 Å². The van der Waals surface area contributed by atoms with E-state index >= 15 is 0 Å². The quantitative estimate of drug-likeness (QED) is 0.246. The number of H-pyrrole nitrogens is 1. The Kier molecular flexibility index (Phi) is 7.15. The number of aromatic amines is 1. The van der Waals surface area contributed by atoms with E-state index < -0.39 is 0 Å². The van der Waals surface area contributed by atoms with Gasteiger partial charge in [-0.15, -0.1) is 0 Å². The number of hydrogen-bond donors (Lipinski definition) is 1. The van der Waals surface area contributed by atoms with Gasteiger partial charge in [-0.2, -0.15) is 0 Å². The van der Waals surface area contributed by atoms with Crippen LogP contribution in [0.3, 0.4) is 0 Å². The molecule has 0 saturated carbocycles. The van der Waals surface area contributed by atoms with Crippen molar-refractivity contribution >= 4 is 16.9 Å². The van der Waals surface area contributed by atoms with E-state index in [0.717, 1.165) is 45.9 Å². The Morgan fingerprint density at radius 1 is 0.848 bits per heavy atom. The van der Waals surface area contributed by atoms with Crippen LogP contribution in [0.2, 0.25) is 0 Å². The Hall–Kier alpha value is -3.93. The number of hydrogen-bond acceptors (Lipinski definition) is 5. The summed E-state index contributed by atoms with van der Waals surface area (Å²) < 4.78 is 22.4. The molecule has 4 aromatic rings. The fraction of sp³-hybridized carbons (Fsp3) is 0.222. The lowest BCUT2D eigenvalue weighted by molar-refractivity contribution is -0.139. The van der Waals surface area contributed by atoms with Crippen LogP contribution in [-0.4, -0.2) is 31.3 Å². The van der Waals surface area contributed by atoms with Crippen LogP contribution in [0.5, 0.6) is 23.0 Å². The Morgan fingerprint density at radius 3 is 2.30 bits per heavy atom. The number of rotatable bonds is 10. The number of aromatic nitrogens is 1. The molecule has 4 rings (SSSR count). The second-order valence-corrected chi connectivity index (χ2v) is 7.71. The molecule has 0 aliphatic carbocycles. The Bertz CT molecular complexity index is 1210. The topological polar surface area (TPSA) is 69.8 Å². The van der Waals surface area contributed by atoms with E-state index in [1.807, 2.05) is 79.9 Å². The first-order valence-corrected chi connectivity index (χ1v) is 10.9. The number of aryl methyl sites for hydroxylation is 1. The van der Waals surface area contributed by atoms with Crippen molar-refractivity contribution in [3.63, 3.8) is 0 Å². The molecule has 33 heavy (non-hydrogen) atoms. The van der Waals surface area contributed by atoms with Gasteiger partial charge in [0.2, 0.25) is 0 Å². The van der Waals surface area contributed by atoms with Gasteiger partial charge in [-0.3, -0.25) is 4.79 Å². The van der Waals surface area contributed by atoms with Crippen molar-refractivity contribution in [2.24, 2.45) is 0 Å². The number of carbonyl (C=O) groups is 1. The molecule has 170 valence electrons. The Labute approximate surface area is 193 Å². The summed E-state index contributed by atoms with van der Waals surface area (Å²) in [6, 6.07) is 21.3. The molecule has 1 N–H and O–H groups in total. The van der Waals surface area contributed by atoms with E-state index in [4.69, 9.17) is 18.9 Å². The highest BCUT2D eigenvalue weighted by atomic mass is 16.5. The maximum absolute atomic E-state index is 11.6. The van der Waals surface area contributed by atoms with Gasteiger partial charge in [0.1, 0.15) is 23.0 Å². The van der Waals surface area contributed by atoms with Crippen LogP contribution in [-0.2, 0) is 16.0 Å². The second kappa shape index (κ2) is 10.6. The summed E-state index contributed by atoms with van der Waals surface area (Å²) in [5.74, 6) is 2.76. The minimum atomic E-state index is -0.271. The third-order valence-electron chi connectivity index (χ3n) is 5.19. The molecule has 0 unspecified atom stereocenters. The Morgan fingerprint density at radius 2 is 1.55 bits per heavy atom. The van der Waals surface area contributed by atoms with E-state index in [9.17, 15) is 4.79 Å². The van der Waals surface area contributed by atoms with Crippen LogP contribution in [0.25, 0.3) is 10.9 Å². The van der Waals surface area contributed by atoms with Crippen molar-refractivity contribution in [1.82, 2.24) is 4.98 Å². The molecular weight excluding hydrogens is 418 g/mol. The van der Waals surface area contributed by atoms with Crippen LogP contribution < -0.4 is 14.2 Å². The van der Waals surface area contributed by atoms with Crippen LogP contribution >= 0.6 is 0 Å². The molecule has 1 heterocycles. The number of methoxy groups -OCH3 is 1. The van der Waals surface area contributed by atoms with E-state index in [0.29, 0.717) is 13.2 Å². The number of nitrogens with one attached hydrogen (secondary N) is 1. The normalized spacial score (nSPS) is 10.7. The van der Waals surface area contributed by atoms with Crippen molar-refractivity contribution in [3.05, 3.63) is 84.1 Å². The van der Waals surface area contributed by atoms with E-state index in [1.54, 1.807) is 0 Å². The van der Waals surface area contributed by atoms with Crippen LogP contribution in [0.4, 0.5) is 0 Å². The zero-order valence-electron chi connectivity index (χ0n) is 18.8. The zero-order valence-corrected chi connectivity index (χ0v) is 18.8. The lowest BCUT2D eigenvalue weighted by Crippen LogP contribution is -2.05. The van der Waals surface area contributed by atoms with E-state index in [-0.39, 0.29) is 12.4 Å². The minimum absolute atomic E-state index is 0.223. The highest BCUT2D eigenvalue weighted by Crippen LogP contribution is 2.26. The molecule has 0 aliphatic rings. The maximum atomic E-state index is 11.6. The summed E-state index contributed by atoms with van der Waals surface area (Å²) in [5.41, 5.74) is 3.03. The average Bonchev–Trinajstić information content (AvgIpc) is 3.22. The third kappa shape index (κ3) is 6.07. The molecule has 0 saturated heterocycles. The van der Waals surface area contributed by atoms with Gasteiger partial charge >= 0.3 is 5.97 Å². The number of ether oxygens (including phenoxy) is 4. The third-order valence-corrected chi connectivity index (χ3v) is 5.19. The molecular formula is C27H27NO5. The lowest BCUT2D eigenvalue weighted by atomic mass is 10.1. The molecule has 0 atom stereocenters. The molecule has 0 bridgehead atoms. The molecule has 1 aromatic heterocycles. The summed E-state index contributed by atoms with van der Waals surface area (Å²) >= 11 is 0. The minimum Gasteiger partial charge on any atom is -0.493 e. The molecule has 0 fully saturated rings. The molecule has 0 spiro atoms. The summed E-state index contributed by atoms with van der Waals surface area (Å²) in [5, 5.41) is 0.958. The van der Waals surface area contributed by atoms with E-state index in [1.165, 1.54) is 12.7 Å². The van der Waals surface area contributed by atoms with Gasteiger partial charge in [-0.1, -0.05) is 23.8 Å².